The minimum absolute atomic E-state index is 0.159. The summed E-state index contributed by atoms with van der Waals surface area (Å²) in [7, 11) is 0. The van der Waals surface area contributed by atoms with E-state index in [1.165, 1.54) is 6.07 Å². The molecule has 8 heteroatoms. The first kappa shape index (κ1) is 20.1. The molecule has 1 aliphatic heterocycles. The lowest BCUT2D eigenvalue weighted by atomic mass is 10.1. The number of nitrogens with one attached hydrogen (secondary N) is 1. The maximum Gasteiger partial charge on any atom is 0.416 e. The Balaban J connectivity index is 1.57. The number of imidazole rings is 1. The number of hydrogen-bond donors (Lipinski definition) is 1. The fourth-order valence-electron chi connectivity index (χ4n) is 3.68. The fraction of sp³-hybridized carbons (Fsp3) is 0.167. The molecule has 0 saturated heterocycles. The number of hydrogen-bond acceptors (Lipinski definition) is 4. The lowest BCUT2D eigenvalue weighted by Gasteiger charge is -2.07. The van der Waals surface area contributed by atoms with Crippen molar-refractivity contribution in [3.05, 3.63) is 83.3 Å². The molecule has 0 fully saturated rings. The first-order chi connectivity index (χ1) is 15.4. The summed E-state index contributed by atoms with van der Waals surface area (Å²) in [6.07, 6.45) is -4.18. The Labute approximate surface area is 181 Å². The lowest BCUT2D eigenvalue weighted by molar-refractivity contribution is -0.137. The van der Waals surface area contributed by atoms with Gasteiger partial charge in [-0.15, -0.1) is 0 Å². The van der Waals surface area contributed by atoms with Crippen LogP contribution in [-0.4, -0.2) is 21.7 Å². The number of H-pyrrole nitrogens is 1. The molecule has 0 aliphatic carbocycles. The Bertz CT molecular complexity index is 1300. The van der Waals surface area contributed by atoms with Crippen LogP contribution < -0.4 is 9.47 Å². The summed E-state index contributed by atoms with van der Waals surface area (Å²) in [6, 6.07) is 16.4. The van der Waals surface area contributed by atoms with Crippen LogP contribution >= 0.6 is 0 Å². The third-order valence-electron chi connectivity index (χ3n) is 5.17. The van der Waals surface area contributed by atoms with Crippen molar-refractivity contribution in [2.45, 2.75) is 19.5 Å². The number of ether oxygens (including phenoxy) is 2. The van der Waals surface area contributed by atoms with Crippen molar-refractivity contribution in [2.24, 2.45) is 0 Å². The van der Waals surface area contributed by atoms with Crippen LogP contribution in [0.4, 0.5) is 13.2 Å². The summed E-state index contributed by atoms with van der Waals surface area (Å²) in [5.74, 6) is 1.81. The standard InChI is InChI=1S/C24H18F3N3O2/c1-14-4-2-7-18(28-14)23-22(16-8-9-19-20(12-16)32-13-31-19)29-21(30-23)11-15-5-3-6-17(10-15)24(25,26)27/h2-10,12H,11,13H2,1H3,(H,29,30). The Morgan fingerprint density at radius 2 is 1.75 bits per heavy atom. The van der Waals surface area contributed by atoms with Crippen molar-refractivity contribution in [1.29, 1.82) is 0 Å². The van der Waals surface area contributed by atoms with E-state index in [9.17, 15) is 13.2 Å². The average Bonchev–Trinajstić information content (AvgIpc) is 3.40. The molecule has 1 aliphatic rings. The lowest BCUT2D eigenvalue weighted by Crippen LogP contribution is -2.05. The topological polar surface area (TPSA) is 60.0 Å². The minimum Gasteiger partial charge on any atom is -0.454 e. The number of nitrogens with zero attached hydrogens (tertiary/aromatic N) is 2. The SMILES string of the molecule is Cc1cccc(-c2[nH]c(Cc3cccc(C(F)(F)F)c3)nc2-c2ccc3c(c2)OCO3)n1. The molecule has 5 rings (SSSR count). The van der Waals surface area contributed by atoms with Crippen LogP contribution in [0.1, 0.15) is 22.6 Å². The van der Waals surface area contributed by atoms with Gasteiger partial charge < -0.3 is 14.5 Å². The van der Waals surface area contributed by atoms with Crippen LogP contribution in [0.25, 0.3) is 22.6 Å². The molecule has 0 spiro atoms. The second-order valence-corrected chi connectivity index (χ2v) is 7.51. The zero-order valence-electron chi connectivity index (χ0n) is 17.0. The number of rotatable bonds is 4. The molecule has 2 aromatic carbocycles. The maximum absolute atomic E-state index is 13.1. The number of halogens is 3. The van der Waals surface area contributed by atoms with Crippen molar-refractivity contribution in [2.75, 3.05) is 6.79 Å². The maximum atomic E-state index is 13.1. The molecule has 162 valence electrons. The summed E-state index contributed by atoms with van der Waals surface area (Å²) in [5.41, 5.74) is 3.48. The van der Waals surface area contributed by atoms with E-state index < -0.39 is 11.7 Å². The number of benzene rings is 2. The van der Waals surface area contributed by atoms with E-state index in [2.05, 4.69) is 9.97 Å². The van der Waals surface area contributed by atoms with Crippen LogP contribution in [0, 0.1) is 6.92 Å². The van der Waals surface area contributed by atoms with Crippen molar-refractivity contribution in [3.8, 4) is 34.1 Å². The molecular weight excluding hydrogens is 419 g/mol. The van der Waals surface area contributed by atoms with Gasteiger partial charge in [0.1, 0.15) is 5.82 Å². The van der Waals surface area contributed by atoms with Crippen LogP contribution in [0.3, 0.4) is 0 Å². The Morgan fingerprint density at radius 3 is 2.56 bits per heavy atom. The predicted molar refractivity (Wildman–Crippen MR) is 112 cm³/mol. The highest BCUT2D eigenvalue weighted by molar-refractivity contribution is 5.78. The average molecular weight is 437 g/mol. The summed E-state index contributed by atoms with van der Waals surface area (Å²) >= 11 is 0. The smallest absolute Gasteiger partial charge is 0.416 e. The zero-order valence-corrected chi connectivity index (χ0v) is 17.0. The molecule has 2 aromatic heterocycles. The molecule has 1 N–H and O–H groups in total. The number of alkyl halides is 3. The van der Waals surface area contributed by atoms with Gasteiger partial charge in [0.25, 0.3) is 0 Å². The number of aryl methyl sites for hydroxylation is 1. The van der Waals surface area contributed by atoms with Gasteiger partial charge in [-0.2, -0.15) is 13.2 Å². The monoisotopic (exact) mass is 437 g/mol. The second kappa shape index (κ2) is 7.71. The largest absolute Gasteiger partial charge is 0.454 e. The minimum atomic E-state index is -4.40. The highest BCUT2D eigenvalue weighted by Crippen LogP contribution is 2.38. The van der Waals surface area contributed by atoms with E-state index in [1.807, 2.05) is 43.3 Å². The molecule has 0 atom stereocenters. The van der Waals surface area contributed by atoms with Crippen LogP contribution in [0.15, 0.2) is 60.7 Å². The molecule has 0 radical (unpaired) electrons. The van der Waals surface area contributed by atoms with E-state index >= 15 is 0 Å². The summed E-state index contributed by atoms with van der Waals surface area (Å²) in [4.78, 5) is 12.6. The molecule has 0 unspecified atom stereocenters. The van der Waals surface area contributed by atoms with Crippen LogP contribution in [0.2, 0.25) is 0 Å². The normalized spacial score (nSPS) is 12.9. The van der Waals surface area contributed by atoms with E-state index in [4.69, 9.17) is 14.5 Å². The van der Waals surface area contributed by atoms with Gasteiger partial charge in [-0.3, -0.25) is 4.98 Å². The van der Waals surface area contributed by atoms with Gasteiger partial charge in [-0.1, -0.05) is 24.3 Å². The van der Waals surface area contributed by atoms with Crippen LogP contribution in [-0.2, 0) is 12.6 Å². The van der Waals surface area contributed by atoms with Gasteiger partial charge in [0.2, 0.25) is 6.79 Å². The van der Waals surface area contributed by atoms with Crippen molar-refractivity contribution >= 4 is 0 Å². The fourth-order valence-corrected chi connectivity index (χ4v) is 3.68. The van der Waals surface area contributed by atoms with E-state index in [-0.39, 0.29) is 13.2 Å². The Hall–Kier alpha value is -3.81. The molecule has 5 nitrogen and oxygen atoms in total. The van der Waals surface area contributed by atoms with Gasteiger partial charge in [0.15, 0.2) is 11.5 Å². The Morgan fingerprint density at radius 1 is 0.938 bits per heavy atom. The van der Waals surface area contributed by atoms with Gasteiger partial charge in [-0.05, 0) is 48.9 Å². The van der Waals surface area contributed by atoms with Gasteiger partial charge in [0, 0.05) is 17.7 Å². The number of aromatic amines is 1. The van der Waals surface area contributed by atoms with Gasteiger partial charge >= 0.3 is 6.18 Å². The summed E-state index contributed by atoms with van der Waals surface area (Å²) < 4.78 is 50.2. The highest BCUT2D eigenvalue weighted by atomic mass is 19.4. The molecule has 0 bridgehead atoms. The Kier molecular flexibility index (Phi) is 4.84. The van der Waals surface area contributed by atoms with Crippen molar-refractivity contribution in [1.82, 2.24) is 15.0 Å². The second-order valence-electron chi connectivity index (χ2n) is 7.51. The van der Waals surface area contributed by atoms with E-state index in [0.717, 1.165) is 23.4 Å². The molecule has 0 amide bonds. The predicted octanol–water partition coefficient (Wildman–Crippen LogP) is 5.79. The molecular formula is C24H18F3N3O2. The molecule has 0 saturated carbocycles. The van der Waals surface area contributed by atoms with Crippen LogP contribution in [0.5, 0.6) is 11.5 Å². The molecule has 3 heterocycles. The number of aromatic nitrogens is 3. The molecule has 32 heavy (non-hydrogen) atoms. The summed E-state index contributed by atoms with van der Waals surface area (Å²) in [6.45, 7) is 2.05. The van der Waals surface area contributed by atoms with Gasteiger partial charge in [-0.25, -0.2) is 4.98 Å². The van der Waals surface area contributed by atoms with Crippen molar-refractivity contribution < 1.29 is 22.6 Å². The van der Waals surface area contributed by atoms with Crippen molar-refractivity contribution in [3.63, 3.8) is 0 Å². The number of fused-ring (bicyclic) bond motifs is 1. The zero-order chi connectivity index (χ0) is 22.3. The quantitative estimate of drug-likeness (QED) is 0.439. The van der Waals surface area contributed by atoms with Gasteiger partial charge in [0.05, 0.1) is 22.6 Å². The third-order valence-corrected chi connectivity index (χ3v) is 5.17. The summed E-state index contributed by atoms with van der Waals surface area (Å²) in [5, 5.41) is 0. The third kappa shape index (κ3) is 3.91. The molecule has 4 aromatic rings. The first-order valence-corrected chi connectivity index (χ1v) is 9.96. The first-order valence-electron chi connectivity index (χ1n) is 9.96. The highest BCUT2D eigenvalue weighted by Gasteiger charge is 2.30. The number of pyridine rings is 1. The van der Waals surface area contributed by atoms with E-state index in [1.54, 1.807) is 6.07 Å². The van der Waals surface area contributed by atoms with E-state index in [0.29, 0.717) is 40.0 Å².